The van der Waals surface area contributed by atoms with Crippen molar-refractivity contribution < 1.29 is 9.72 Å². The fraction of sp³-hybridized carbons (Fsp3) is 0.500. The minimum atomic E-state index is -0.424. The summed E-state index contributed by atoms with van der Waals surface area (Å²) in [6.45, 7) is 6.49. The molecule has 1 atom stereocenters. The third kappa shape index (κ3) is 3.53. The first-order valence-corrected chi connectivity index (χ1v) is 7.49. The molecule has 0 bridgehead atoms. The van der Waals surface area contributed by atoms with Gasteiger partial charge in [0.15, 0.2) is 0 Å². The predicted molar refractivity (Wildman–Crippen MR) is 84.3 cm³/mol. The highest BCUT2D eigenvalue weighted by atomic mass is 79.9. The van der Waals surface area contributed by atoms with Crippen molar-refractivity contribution in [3.63, 3.8) is 0 Å². The van der Waals surface area contributed by atoms with E-state index >= 15 is 0 Å². The van der Waals surface area contributed by atoms with Crippen molar-refractivity contribution in [3.8, 4) is 0 Å². The zero-order valence-electron chi connectivity index (χ0n) is 12.2. The van der Waals surface area contributed by atoms with Crippen LogP contribution in [0.1, 0.15) is 27.2 Å². The number of anilines is 1. The molecule has 1 aliphatic rings. The van der Waals surface area contributed by atoms with Crippen LogP contribution in [0.2, 0.25) is 0 Å². The van der Waals surface area contributed by atoms with E-state index in [1.165, 1.54) is 6.07 Å². The Kier molecular flexibility index (Phi) is 4.22. The van der Waals surface area contributed by atoms with Crippen LogP contribution in [0.5, 0.6) is 0 Å². The molecular formula is C14H18BrN3O3. The van der Waals surface area contributed by atoms with Gasteiger partial charge in [-0.25, -0.2) is 0 Å². The van der Waals surface area contributed by atoms with E-state index in [4.69, 9.17) is 0 Å². The number of likely N-dealkylation sites (tertiary alicyclic amines) is 1. The second-order valence-electron chi connectivity index (χ2n) is 6.14. The minimum Gasteiger partial charge on any atom is -0.374 e. The number of rotatable bonds is 3. The Morgan fingerprint density at radius 1 is 1.43 bits per heavy atom. The molecule has 6 nitrogen and oxygen atoms in total. The Bertz CT molecular complexity index is 583. The number of halogens is 1. The van der Waals surface area contributed by atoms with Gasteiger partial charge in [-0.3, -0.25) is 14.9 Å². The van der Waals surface area contributed by atoms with Gasteiger partial charge < -0.3 is 10.2 Å². The lowest BCUT2D eigenvalue weighted by Crippen LogP contribution is -2.43. The van der Waals surface area contributed by atoms with E-state index in [1.807, 2.05) is 20.8 Å². The van der Waals surface area contributed by atoms with E-state index in [2.05, 4.69) is 21.2 Å². The van der Waals surface area contributed by atoms with Gasteiger partial charge in [-0.05, 0) is 32.9 Å². The zero-order valence-corrected chi connectivity index (χ0v) is 13.8. The van der Waals surface area contributed by atoms with Crippen LogP contribution in [0, 0.1) is 10.1 Å². The lowest BCUT2D eigenvalue weighted by Gasteiger charge is -2.32. The second kappa shape index (κ2) is 5.63. The Morgan fingerprint density at radius 2 is 2.10 bits per heavy atom. The first kappa shape index (κ1) is 15.8. The fourth-order valence-electron chi connectivity index (χ4n) is 2.46. The number of benzene rings is 1. The maximum Gasteiger partial charge on any atom is 0.292 e. The highest BCUT2D eigenvalue weighted by molar-refractivity contribution is 9.10. The average Bonchev–Trinajstić information content (AvgIpc) is 2.69. The smallest absolute Gasteiger partial charge is 0.292 e. The molecule has 0 spiro atoms. The van der Waals surface area contributed by atoms with E-state index < -0.39 is 4.92 Å². The number of nitro groups is 1. The summed E-state index contributed by atoms with van der Waals surface area (Å²) in [6, 6.07) is 4.63. The first-order chi connectivity index (χ1) is 9.68. The van der Waals surface area contributed by atoms with Crippen LogP contribution in [-0.4, -0.2) is 33.9 Å². The molecule has 7 heteroatoms. The Labute approximate surface area is 131 Å². The van der Waals surface area contributed by atoms with Crippen LogP contribution >= 0.6 is 15.9 Å². The lowest BCUT2D eigenvalue weighted by atomic mass is 10.1. The quantitative estimate of drug-likeness (QED) is 0.667. The summed E-state index contributed by atoms with van der Waals surface area (Å²) in [5.41, 5.74) is 0.208. The van der Waals surface area contributed by atoms with Gasteiger partial charge in [-0.15, -0.1) is 0 Å². The van der Waals surface area contributed by atoms with Crippen molar-refractivity contribution in [2.75, 3.05) is 11.9 Å². The summed E-state index contributed by atoms with van der Waals surface area (Å²) >= 11 is 3.31. The Hall–Kier alpha value is -1.63. The zero-order chi connectivity index (χ0) is 15.8. The van der Waals surface area contributed by atoms with E-state index in [9.17, 15) is 14.9 Å². The topological polar surface area (TPSA) is 75.5 Å². The largest absolute Gasteiger partial charge is 0.374 e. The van der Waals surface area contributed by atoms with Gasteiger partial charge in [0.2, 0.25) is 5.91 Å². The van der Waals surface area contributed by atoms with Crippen molar-refractivity contribution in [1.29, 1.82) is 0 Å². The predicted octanol–water partition coefficient (Wildman–Crippen LogP) is 3.17. The standard InChI is InChI=1S/C14H18BrN3O3/c1-14(2,3)17-8-10(7-13(17)19)16-11-6-9(15)4-5-12(11)18(20)21/h4-6,10,16H,7-8H2,1-3H3. The molecule has 0 saturated carbocycles. The molecule has 1 aliphatic heterocycles. The number of nitrogens with one attached hydrogen (secondary N) is 1. The van der Waals surface area contributed by atoms with Gasteiger partial charge in [0.05, 0.1) is 11.0 Å². The van der Waals surface area contributed by atoms with Crippen LogP contribution in [0.15, 0.2) is 22.7 Å². The van der Waals surface area contributed by atoms with E-state index in [1.54, 1.807) is 17.0 Å². The number of nitro benzene ring substituents is 1. The lowest BCUT2D eigenvalue weighted by molar-refractivity contribution is -0.384. The molecule has 1 unspecified atom stereocenters. The van der Waals surface area contributed by atoms with Crippen molar-refractivity contribution in [2.24, 2.45) is 0 Å². The third-order valence-corrected chi connectivity index (χ3v) is 3.94. The number of nitrogens with zero attached hydrogens (tertiary/aromatic N) is 2. The van der Waals surface area contributed by atoms with Gasteiger partial charge in [0.1, 0.15) is 5.69 Å². The van der Waals surface area contributed by atoms with E-state index in [-0.39, 0.29) is 23.2 Å². The minimum absolute atomic E-state index is 0.0138. The molecule has 1 aromatic rings. The van der Waals surface area contributed by atoms with Gasteiger partial charge in [-0.2, -0.15) is 0 Å². The highest BCUT2D eigenvalue weighted by Crippen LogP contribution is 2.31. The van der Waals surface area contributed by atoms with Crippen molar-refractivity contribution in [1.82, 2.24) is 4.90 Å². The molecule has 1 saturated heterocycles. The third-order valence-electron chi connectivity index (χ3n) is 3.45. The molecule has 2 rings (SSSR count). The maximum absolute atomic E-state index is 12.1. The molecule has 0 aromatic heterocycles. The summed E-state index contributed by atoms with van der Waals surface area (Å²) in [6.07, 6.45) is 0.348. The molecular weight excluding hydrogens is 338 g/mol. The summed E-state index contributed by atoms with van der Waals surface area (Å²) < 4.78 is 0.757. The van der Waals surface area contributed by atoms with Gasteiger partial charge in [0, 0.05) is 29.0 Å². The summed E-state index contributed by atoms with van der Waals surface area (Å²) in [5.74, 6) is 0.0673. The molecule has 1 amide bonds. The number of hydrogen-bond donors (Lipinski definition) is 1. The fourth-order valence-corrected chi connectivity index (χ4v) is 2.82. The number of carbonyl (C=O) groups excluding carboxylic acids is 1. The monoisotopic (exact) mass is 355 g/mol. The molecule has 1 fully saturated rings. The average molecular weight is 356 g/mol. The van der Waals surface area contributed by atoms with Crippen LogP contribution in [0.3, 0.4) is 0 Å². The molecule has 114 valence electrons. The summed E-state index contributed by atoms with van der Waals surface area (Å²) in [5, 5.41) is 14.2. The highest BCUT2D eigenvalue weighted by Gasteiger charge is 2.36. The molecule has 1 heterocycles. The SMILES string of the molecule is CC(C)(C)N1CC(Nc2cc(Br)ccc2[N+](=O)[O-])CC1=O. The molecule has 0 aliphatic carbocycles. The summed E-state index contributed by atoms with van der Waals surface area (Å²) in [7, 11) is 0. The van der Waals surface area contributed by atoms with Crippen LogP contribution in [-0.2, 0) is 4.79 Å². The van der Waals surface area contributed by atoms with Crippen LogP contribution < -0.4 is 5.32 Å². The van der Waals surface area contributed by atoms with Gasteiger partial charge in [-0.1, -0.05) is 15.9 Å². The normalized spacial score (nSPS) is 19.0. The van der Waals surface area contributed by atoms with Crippen molar-refractivity contribution in [3.05, 3.63) is 32.8 Å². The molecule has 1 aromatic carbocycles. The first-order valence-electron chi connectivity index (χ1n) is 6.69. The van der Waals surface area contributed by atoms with Crippen molar-refractivity contribution in [2.45, 2.75) is 38.8 Å². The number of carbonyl (C=O) groups is 1. The van der Waals surface area contributed by atoms with Crippen LogP contribution in [0.25, 0.3) is 0 Å². The molecule has 1 N–H and O–H groups in total. The molecule has 21 heavy (non-hydrogen) atoms. The number of hydrogen-bond acceptors (Lipinski definition) is 4. The van der Waals surface area contributed by atoms with E-state index in [0.29, 0.717) is 18.7 Å². The maximum atomic E-state index is 12.1. The van der Waals surface area contributed by atoms with Crippen LogP contribution in [0.4, 0.5) is 11.4 Å². The number of amides is 1. The molecule has 0 radical (unpaired) electrons. The second-order valence-corrected chi connectivity index (χ2v) is 7.05. The van der Waals surface area contributed by atoms with E-state index in [0.717, 1.165) is 4.47 Å². The van der Waals surface area contributed by atoms with Crippen molar-refractivity contribution >= 4 is 33.2 Å². The van der Waals surface area contributed by atoms with Gasteiger partial charge >= 0.3 is 0 Å². The Balaban J connectivity index is 2.19. The van der Waals surface area contributed by atoms with Gasteiger partial charge in [0.25, 0.3) is 5.69 Å². The Morgan fingerprint density at radius 3 is 2.62 bits per heavy atom. The summed E-state index contributed by atoms with van der Waals surface area (Å²) in [4.78, 5) is 24.5.